The lowest BCUT2D eigenvalue weighted by Gasteiger charge is -2.11. The summed E-state index contributed by atoms with van der Waals surface area (Å²) in [6, 6.07) is 11.8. The first kappa shape index (κ1) is 16.2. The largest absolute Gasteiger partial charge is 0.480 e. The Morgan fingerprint density at radius 2 is 2.12 bits per heavy atom. The summed E-state index contributed by atoms with van der Waals surface area (Å²) in [5, 5.41) is 2.76. The lowest BCUT2D eigenvalue weighted by Crippen LogP contribution is -2.23. The Bertz CT molecular complexity index is 909. The molecule has 0 aliphatic carbocycles. The average Bonchev–Trinajstić information content (AvgIpc) is 2.88. The predicted molar refractivity (Wildman–Crippen MR) is 100.0 cm³/mol. The quantitative estimate of drug-likeness (QED) is 0.637. The van der Waals surface area contributed by atoms with Gasteiger partial charge in [-0.25, -0.2) is 0 Å². The van der Waals surface area contributed by atoms with Crippen LogP contribution in [0.25, 0.3) is 16.8 Å². The standard InChI is InChI=1S/C19H16N2O2S/c1-4-11-23-16-10-9-13-7-5-6-8-14(13)15(16)12-17-18(22)21(3)19(20-2)24-17/h1,5-10,12H,11H2,2-3H3/b17-12-,20-19?. The summed E-state index contributed by atoms with van der Waals surface area (Å²) in [5.41, 5.74) is 0.852. The van der Waals surface area contributed by atoms with Crippen molar-refractivity contribution < 1.29 is 9.53 Å². The first-order valence-corrected chi connectivity index (χ1v) is 8.19. The number of hydrogen-bond donors (Lipinski definition) is 0. The zero-order valence-electron chi connectivity index (χ0n) is 13.4. The fourth-order valence-electron chi connectivity index (χ4n) is 2.55. The van der Waals surface area contributed by atoms with Gasteiger partial charge in [-0.3, -0.25) is 14.7 Å². The predicted octanol–water partition coefficient (Wildman–Crippen LogP) is 3.38. The second-order valence-corrected chi connectivity index (χ2v) is 6.18. The van der Waals surface area contributed by atoms with E-state index in [-0.39, 0.29) is 12.5 Å². The highest BCUT2D eigenvalue weighted by Crippen LogP contribution is 2.36. The molecule has 0 unspecified atom stereocenters. The Kier molecular flexibility index (Phi) is 4.59. The minimum atomic E-state index is -0.0727. The Hall–Kier alpha value is -2.71. The van der Waals surface area contributed by atoms with Crippen molar-refractivity contribution in [3.63, 3.8) is 0 Å². The molecule has 24 heavy (non-hydrogen) atoms. The molecule has 1 fully saturated rings. The fourth-order valence-corrected chi connectivity index (χ4v) is 3.46. The third-order valence-electron chi connectivity index (χ3n) is 3.71. The summed E-state index contributed by atoms with van der Waals surface area (Å²) in [7, 11) is 3.39. The molecule has 4 nitrogen and oxygen atoms in total. The third-order valence-corrected chi connectivity index (χ3v) is 4.86. The maximum atomic E-state index is 12.4. The number of terminal acetylenes is 1. The van der Waals surface area contributed by atoms with Gasteiger partial charge in [-0.15, -0.1) is 6.42 Å². The molecule has 5 heteroatoms. The van der Waals surface area contributed by atoms with Crippen molar-refractivity contribution in [2.75, 3.05) is 20.7 Å². The number of carbonyl (C=O) groups is 1. The number of thioether (sulfide) groups is 1. The molecule has 2 aromatic rings. The summed E-state index contributed by atoms with van der Waals surface area (Å²) < 4.78 is 5.67. The highest BCUT2D eigenvalue weighted by Gasteiger charge is 2.30. The van der Waals surface area contributed by atoms with Gasteiger partial charge in [0.1, 0.15) is 12.4 Å². The summed E-state index contributed by atoms with van der Waals surface area (Å²) >= 11 is 1.35. The van der Waals surface area contributed by atoms with Crippen LogP contribution in [0, 0.1) is 12.3 Å². The molecule has 120 valence electrons. The van der Waals surface area contributed by atoms with Gasteiger partial charge in [0.15, 0.2) is 5.17 Å². The van der Waals surface area contributed by atoms with Gasteiger partial charge in [0.25, 0.3) is 5.91 Å². The Morgan fingerprint density at radius 3 is 2.83 bits per heavy atom. The maximum absolute atomic E-state index is 12.4. The van der Waals surface area contributed by atoms with Crippen molar-refractivity contribution in [3.05, 3.63) is 46.9 Å². The molecule has 0 bridgehead atoms. The SMILES string of the molecule is C#CCOc1ccc2ccccc2c1/C=C1\SC(=NC)N(C)C1=O. The van der Waals surface area contributed by atoms with Crippen molar-refractivity contribution in [3.8, 4) is 18.1 Å². The molecule has 3 rings (SSSR count). The number of amidine groups is 1. The molecule has 0 N–H and O–H groups in total. The first-order valence-electron chi connectivity index (χ1n) is 7.38. The van der Waals surface area contributed by atoms with Gasteiger partial charge in [0, 0.05) is 19.7 Å². The third kappa shape index (κ3) is 2.89. The van der Waals surface area contributed by atoms with E-state index in [9.17, 15) is 4.79 Å². The number of carbonyl (C=O) groups excluding carboxylic acids is 1. The number of aliphatic imine (C=N–C) groups is 1. The Balaban J connectivity index is 2.15. The van der Waals surface area contributed by atoms with Gasteiger partial charge >= 0.3 is 0 Å². The van der Waals surface area contributed by atoms with E-state index in [1.165, 1.54) is 11.8 Å². The smallest absolute Gasteiger partial charge is 0.266 e. The summed E-state index contributed by atoms with van der Waals surface area (Å²) in [5.74, 6) is 3.07. The van der Waals surface area contributed by atoms with Crippen LogP contribution in [0.3, 0.4) is 0 Å². The van der Waals surface area contributed by atoms with E-state index in [0.717, 1.165) is 16.3 Å². The van der Waals surface area contributed by atoms with Crippen LogP contribution in [-0.4, -0.2) is 36.7 Å². The lowest BCUT2D eigenvalue weighted by atomic mass is 10.0. The number of fused-ring (bicyclic) bond motifs is 1. The molecule has 0 saturated carbocycles. The number of likely N-dealkylation sites (N-methyl/N-ethyl adjacent to an activating group) is 1. The monoisotopic (exact) mass is 336 g/mol. The minimum Gasteiger partial charge on any atom is -0.480 e. The summed E-state index contributed by atoms with van der Waals surface area (Å²) in [4.78, 5) is 18.7. The number of ether oxygens (including phenoxy) is 1. The van der Waals surface area contributed by atoms with Gasteiger partial charge in [-0.1, -0.05) is 36.3 Å². The van der Waals surface area contributed by atoms with Crippen molar-refractivity contribution in [2.24, 2.45) is 4.99 Å². The van der Waals surface area contributed by atoms with Crippen LogP contribution in [0.5, 0.6) is 5.75 Å². The van der Waals surface area contributed by atoms with Crippen LogP contribution in [0.2, 0.25) is 0 Å². The van der Waals surface area contributed by atoms with Gasteiger partial charge in [-0.2, -0.15) is 0 Å². The van der Waals surface area contributed by atoms with E-state index >= 15 is 0 Å². The lowest BCUT2D eigenvalue weighted by molar-refractivity contribution is -0.121. The van der Waals surface area contributed by atoms with E-state index in [2.05, 4.69) is 10.9 Å². The van der Waals surface area contributed by atoms with Crippen LogP contribution in [0.15, 0.2) is 46.3 Å². The highest BCUT2D eigenvalue weighted by atomic mass is 32.2. The van der Waals surface area contributed by atoms with Crippen molar-refractivity contribution in [1.29, 1.82) is 0 Å². The molecule has 1 heterocycles. The minimum absolute atomic E-state index is 0.0727. The van der Waals surface area contributed by atoms with Crippen LogP contribution in [-0.2, 0) is 4.79 Å². The number of rotatable bonds is 3. The van der Waals surface area contributed by atoms with Crippen LogP contribution < -0.4 is 4.74 Å². The Labute approximate surface area is 145 Å². The molecule has 0 aromatic heterocycles. The topological polar surface area (TPSA) is 41.9 Å². The van der Waals surface area contributed by atoms with E-state index in [1.54, 1.807) is 19.0 Å². The second-order valence-electron chi connectivity index (χ2n) is 5.17. The summed E-state index contributed by atoms with van der Waals surface area (Å²) in [6.07, 6.45) is 7.17. The van der Waals surface area contributed by atoms with Gasteiger partial charge < -0.3 is 4.74 Å². The zero-order chi connectivity index (χ0) is 17.1. The van der Waals surface area contributed by atoms with Crippen molar-refractivity contribution in [1.82, 2.24) is 4.90 Å². The molecule has 1 saturated heterocycles. The average molecular weight is 336 g/mol. The summed E-state index contributed by atoms with van der Waals surface area (Å²) in [6.45, 7) is 0.178. The molecule has 1 amide bonds. The molecule has 1 aliphatic rings. The fraction of sp³-hybridized carbons (Fsp3) is 0.158. The van der Waals surface area contributed by atoms with Crippen LogP contribution in [0.4, 0.5) is 0 Å². The van der Waals surface area contributed by atoms with Gasteiger partial charge in [0.05, 0.1) is 4.91 Å². The second kappa shape index (κ2) is 6.81. The van der Waals surface area contributed by atoms with Gasteiger partial charge in [0.2, 0.25) is 0 Å². The molecule has 0 atom stereocenters. The molecule has 1 aliphatic heterocycles. The molecular formula is C19H16N2O2S. The van der Waals surface area contributed by atoms with Gasteiger partial charge in [-0.05, 0) is 34.7 Å². The molecular weight excluding hydrogens is 320 g/mol. The normalized spacial score (nSPS) is 17.7. The maximum Gasteiger partial charge on any atom is 0.266 e. The van der Waals surface area contributed by atoms with E-state index in [1.807, 2.05) is 42.5 Å². The molecule has 0 spiro atoms. The first-order chi connectivity index (χ1) is 11.7. The highest BCUT2D eigenvalue weighted by molar-refractivity contribution is 8.18. The molecule has 2 aromatic carbocycles. The number of hydrogen-bond acceptors (Lipinski definition) is 4. The molecule has 0 radical (unpaired) electrons. The van der Waals surface area contributed by atoms with Crippen molar-refractivity contribution >= 4 is 39.7 Å². The van der Waals surface area contributed by atoms with Crippen LogP contribution in [0.1, 0.15) is 5.56 Å². The van der Waals surface area contributed by atoms with E-state index in [0.29, 0.717) is 15.8 Å². The number of amides is 1. The number of benzene rings is 2. The van der Waals surface area contributed by atoms with E-state index < -0.39 is 0 Å². The number of nitrogens with zero attached hydrogens (tertiary/aromatic N) is 2. The van der Waals surface area contributed by atoms with Crippen LogP contribution >= 0.6 is 11.8 Å². The van der Waals surface area contributed by atoms with Crippen molar-refractivity contribution in [2.45, 2.75) is 0 Å². The van der Waals surface area contributed by atoms with E-state index in [4.69, 9.17) is 11.2 Å². The Morgan fingerprint density at radius 1 is 1.33 bits per heavy atom. The zero-order valence-corrected chi connectivity index (χ0v) is 14.3.